The number of esters is 1. The molecule has 0 spiro atoms. The maximum absolute atomic E-state index is 12.3. The van der Waals surface area contributed by atoms with Crippen molar-refractivity contribution in [2.75, 3.05) is 33.5 Å². The second-order valence-electron chi connectivity index (χ2n) is 4.33. The Balaban J connectivity index is 2.70. The third-order valence-electron chi connectivity index (χ3n) is 2.93. The number of nitrogen functional groups attached to an aromatic ring is 1. The average molecular weight is 280 g/mol. The van der Waals surface area contributed by atoms with E-state index in [9.17, 15) is 9.59 Å². The van der Waals surface area contributed by atoms with E-state index in [0.29, 0.717) is 30.0 Å². The number of anilines is 1. The normalized spacial score (nSPS) is 9.95. The highest BCUT2D eigenvalue weighted by Gasteiger charge is 2.18. The third kappa shape index (κ3) is 3.88. The molecule has 6 heteroatoms. The molecule has 0 bridgehead atoms. The third-order valence-corrected chi connectivity index (χ3v) is 2.93. The summed E-state index contributed by atoms with van der Waals surface area (Å²) in [6, 6.07) is 5.04. The summed E-state index contributed by atoms with van der Waals surface area (Å²) < 4.78 is 9.71. The number of amides is 1. The van der Waals surface area contributed by atoms with E-state index in [-0.39, 0.29) is 18.3 Å². The van der Waals surface area contributed by atoms with Gasteiger partial charge in [0.15, 0.2) is 5.75 Å². The van der Waals surface area contributed by atoms with Crippen molar-refractivity contribution >= 4 is 17.6 Å². The first-order valence-corrected chi connectivity index (χ1v) is 6.26. The van der Waals surface area contributed by atoms with Gasteiger partial charge in [-0.05, 0) is 18.6 Å². The van der Waals surface area contributed by atoms with Crippen molar-refractivity contribution < 1.29 is 19.1 Å². The van der Waals surface area contributed by atoms with E-state index in [2.05, 4.69) is 4.74 Å². The fourth-order valence-electron chi connectivity index (χ4n) is 1.82. The van der Waals surface area contributed by atoms with Gasteiger partial charge in [0.1, 0.15) is 0 Å². The van der Waals surface area contributed by atoms with Crippen LogP contribution < -0.4 is 10.5 Å². The van der Waals surface area contributed by atoms with Gasteiger partial charge in [-0.3, -0.25) is 9.59 Å². The number of rotatable bonds is 6. The number of benzene rings is 1. The van der Waals surface area contributed by atoms with Gasteiger partial charge < -0.3 is 20.1 Å². The van der Waals surface area contributed by atoms with E-state index in [1.54, 1.807) is 25.2 Å². The molecule has 0 aliphatic rings. The lowest BCUT2D eigenvalue weighted by molar-refractivity contribution is -0.140. The number of methoxy groups -OCH3 is 2. The fourth-order valence-corrected chi connectivity index (χ4v) is 1.82. The Morgan fingerprint density at radius 1 is 1.30 bits per heavy atom. The van der Waals surface area contributed by atoms with Gasteiger partial charge in [-0.25, -0.2) is 0 Å². The van der Waals surface area contributed by atoms with Gasteiger partial charge in [0, 0.05) is 20.0 Å². The summed E-state index contributed by atoms with van der Waals surface area (Å²) in [7, 11) is 4.48. The molecule has 0 aliphatic carbocycles. The van der Waals surface area contributed by atoms with Gasteiger partial charge in [0.25, 0.3) is 5.91 Å². The van der Waals surface area contributed by atoms with Crippen LogP contribution in [0.15, 0.2) is 18.2 Å². The van der Waals surface area contributed by atoms with Gasteiger partial charge in [-0.1, -0.05) is 6.07 Å². The van der Waals surface area contributed by atoms with Crippen LogP contribution in [0.2, 0.25) is 0 Å². The van der Waals surface area contributed by atoms with Crippen LogP contribution in [0.25, 0.3) is 0 Å². The highest BCUT2D eigenvalue weighted by atomic mass is 16.5. The number of nitrogens with zero attached hydrogens (tertiary/aromatic N) is 1. The van der Waals surface area contributed by atoms with Crippen LogP contribution in [-0.4, -0.2) is 44.6 Å². The SMILES string of the molecule is COC(=O)CCCN(C)C(=O)c1cccc(N)c1OC. The van der Waals surface area contributed by atoms with E-state index < -0.39 is 0 Å². The van der Waals surface area contributed by atoms with E-state index >= 15 is 0 Å². The molecule has 110 valence electrons. The average Bonchev–Trinajstić information content (AvgIpc) is 2.45. The van der Waals surface area contributed by atoms with Gasteiger partial charge in [-0.15, -0.1) is 0 Å². The van der Waals surface area contributed by atoms with Crippen LogP contribution in [-0.2, 0) is 9.53 Å². The second kappa shape index (κ2) is 7.37. The molecule has 0 fully saturated rings. The zero-order valence-electron chi connectivity index (χ0n) is 12.0. The summed E-state index contributed by atoms with van der Waals surface area (Å²) in [6.45, 7) is 0.450. The summed E-state index contributed by atoms with van der Waals surface area (Å²) in [4.78, 5) is 24.8. The number of carbonyl (C=O) groups excluding carboxylic acids is 2. The molecule has 0 atom stereocenters. The molecule has 1 aromatic carbocycles. The molecule has 0 heterocycles. The largest absolute Gasteiger partial charge is 0.494 e. The van der Waals surface area contributed by atoms with Gasteiger partial charge in [-0.2, -0.15) is 0 Å². The number of para-hydroxylation sites is 1. The first-order chi connectivity index (χ1) is 9.51. The lowest BCUT2D eigenvalue weighted by Gasteiger charge is -2.19. The zero-order valence-corrected chi connectivity index (χ0v) is 12.0. The Kier molecular flexibility index (Phi) is 5.83. The zero-order chi connectivity index (χ0) is 15.1. The minimum atomic E-state index is -0.285. The highest BCUT2D eigenvalue weighted by Crippen LogP contribution is 2.26. The molecule has 1 rings (SSSR count). The van der Waals surface area contributed by atoms with Crippen LogP contribution in [0.3, 0.4) is 0 Å². The van der Waals surface area contributed by atoms with Gasteiger partial charge in [0.05, 0.1) is 25.5 Å². The molecular formula is C14H20N2O4. The van der Waals surface area contributed by atoms with Crippen LogP contribution in [0.4, 0.5) is 5.69 Å². The van der Waals surface area contributed by atoms with E-state index in [1.807, 2.05) is 0 Å². The Hall–Kier alpha value is -2.24. The predicted molar refractivity (Wildman–Crippen MR) is 75.6 cm³/mol. The summed E-state index contributed by atoms with van der Waals surface area (Å²) in [5, 5.41) is 0. The van der Waals surface area contributed by atoms with Crippen molar-refractivity contribution in [1.82, 2.24) is 4.90 Å². The van der Waals surface area contributed by atoms with Crippen LogP contribution in [0, 0.1) is 0 Å². The van der Waals surface area contributed by atoms with Crippen LogP contribution in [0.5, 0.6) is 5.75 Å². The van der Waals surface area contributed by atoms with Gasteiger partial charge >= 0.3 is 5.97 Å². The Labute approximate surface area is 118 Å². The number of hydrogen-bond donors (Lipinski definition) is 1. The number of nitrogens with two attached hydrogens (primary N) is 1. The Morgan fingerprint density at radius 2 is 2.00 bits per heavy atom. The molecule has 0 unspecified atom stereocenters. The molecule has 0 saturated heterocycles. The molecule has 20 heavy (non-hydrogen) atoms. The summed E-state index contributed by atoms with van der Waals surface area (Å²) in [5.41, 5.74) is 6.60. The summed E-state index contributed by atoms with van der Waals surface area (Å²) >= 11 is 0. The number of carbonyl (C=O) groups is 2. The van der Waals surface area contributed by atoms with Crippen molar-refractivity contribution in [3.63, 3.8) is 0 Å². The van der Waals surface area contributed by atoms with Gasteiger partial charge in [0.2, 0.25) is 0 Å². The van der Waals surface area contributed by atoms with E-state index in [0.717, 1.165) is 0 Å². The maximum atomic E-state index is 12.3. The van der Waals surface area contributed by atoms with E-state index in [4.69, 9.17) is 10.5 Å². The lowest BCUT2D eigenvalue weighted by Crippen LogP contribution is -2.28. The molecule has 0 aliphatic heterocycles. The van der Waals surface area contributed by atoms with Crippen molar-refractivity contribution in [2.45, 2.75) is 12.8 Å². The molecule has 1 amide bonds. The second-order valence-corrected chi connectivity index (χ2v) is 4.33. The van der Waals surface area contributed by atoms with Crippen molar-refractivity contribution in [3.8, 4) is 5.75 Å². The first kappa shape index (κ1) is 15.8. The quantitative estimate of drug-likeness (QED) is 0.627. The van der Waals surface area contributed by atoms with Crippen LogP contribution in [0.1, 0.15) is 23.2 Å². The van der Waals surface area contributed by atoms with Crippen molar-refractivity contribution in [3.05, 3.63) is 23.8 Å². The van der Waals surface area contributed by atoms with Crippen LogP contribution >= 0.6 is 0 Å². The molecule has 0 radical (unpaired) electrons. The Morgan fingerprint density at radius 3 is 2.60 bits per heavy atom. The van der Waals surface area contributed by atoms with Crippen molar-refractivity contribution in [1.29, 1.82) is 0 Å². The number of ether oxygens (including phenoxy) is 2. The highest BCUT2D eigenvalue weighted by molar-refractivity contribution is 5.98. The Bertz CT molecular complexity index is 488. The fraction of sp³-hybridized carbons (Fsp3) is 0.429. The maximum Gasteiger partial charge on any atom is 0.305 e. The molecule has 0 saturated carbocycles. The predicted octanol–water partition coefficient (Wildman–Crippen LogP) is 1.30. The summed E-state index contributed by atoms with van der Waals surface area (Å²) in [5.74, 6) is -0.108. The summed E-state index contributed by atoms with van der Waals surface area (Å²) in [6.07, 6.45) is 0.821. The molecule has 6 nitrogen and oxygen atoms in total. The topological polar surface area (TPSA) is 81.9 Å². The van der Waals surface area contributed by atoms with Crippen molar-refractivity contribution in [2.24, 2.45) is 0 Å². The molecule has 1 aromatic rings. The molecule has 0 aromatic heterocycles. The smallest absolute Gasteiger partial charge is 0.305 e. The standard InChI is InChI=1S/C14H20N2O4/c1-16(9-5-8-12(17)19-2)14(18)10-6-4-7-11(15)13(10)20-3/h4,6-7H,5,8-9,15H2,1-3H3. The first-order valence-electron chi connectivity index (χ1n) is 6.26. The number of hydrogen-bond acceptors (Lipinski definition) is 5. The van der Waals surface area contributed by atoms with E-state index in [1.165, 1.54) is 19.1 Å². The minimum absolute atomic E-state index is 0.195. The minimum Gasteiger partial charge on any atom is -0.494 e. The lowest BCUT2D eigenvalue weighted by atomic mass is 10.1. The molecular weight excluding hydrogens is 260 g/mol. The monoisotopic (exact) mass is 280 g/mol. The molecule has 2 N–H and O–H groups in total.